The maximum atomic E-state index is 11.4. The first kappa shape index (κ1) is 17.1. The van der Waals surface area contributed by atoms with Gasteiger partial charge in [-0.3, -0.25) is 4.21 Å². The van der Waals surface area contributed by atoms with E-state index in [0.29, 0.717) is 18.8 Å². The summed E-state index contributed by atoms with van der Waals surface area (Å²) in [6.07, 6.45) is 7.45. The Hall–Kier alpha value is -2.00. The van der Waals surface area contributed by atoms with Crippen LogP contribution in [0.3, 0.4) is 0 Å². The standard InChI is InChI=1S/C15H20N2O3S/c1-3-11-20-14-6-4-13(5-7-14)8-9-16-15(18)17-10-12-21(2)19/h1,4-7H,8-12H2,2H3,(H2,16,17,18)/t21-/m1/s1. The molecule has 1 atom stereocenters. The first-order valence-electron chi connectivity index (χ1n) is 6.58. The van der Waals surface area contributed by atoms with Gasteiger partial charge in [0.2, 0.25) is 0 Å². The van der Waals surface area contributed by atoms with Crippen LogP contribution in [0.5, 0.6) is 5.75 Å². The number of hydrogen-bond donors (Lipinski definition) is 2. The summed E-state index contributed by atoms with van der Waals surface area (Å²) in [7, 11) is -0.889. The van der Waals surface area contributed by atoms with E-state index in [1.165, 1.54) is 0 Å². The smallest absolute Gasteiger partial charge is 0.314 e. The molecule has 5 nitrogen and oxygen atoms in total. The van der Waals surface area contributed by atoms with E-state index in [2.05, 4.69) is 16.6 Å². The summed E-state index contributed by atoms with van der Waals surface area (Å²) < 4.78 is 16.1. The van der Waals surface area contributed by atoms with E-state index < -0.39 is 10.8 Å². The Labute approximate surface area is 127 Å². The van der Waals surface area contributed by atoms with Crippen molar-refractivity contribution in [2.24, 2.45) is 0 Å². The number of amides is 2. The van der Waals surface area contributed by atoms with Gasteiger partial charge in [0.25, 0.3) is 0 Å². The van der Waals surface area contributed by atoms with Crippen molar-refractivity contribution in [1.82, 2.24) is 10.6 Å². The van der Waals surface area contributed by atoms with Gasteiger partial charge >= 0.3 is 6.03 Å². The minimum absolute atomic E-state index is 0.241. The van der Waals surface area contributed by atoms with Gasteiger partial charge in [-0.1, -0.05) is 18.1 Å². The van der Waals surface area contributed by atoms with Crippen molar-refractivity contribution >= 4 is 16.8 Å². The number of hydrogen-bond acceptors (Lipinski definition) is 3. The Morgan fingerprint density at radius 3 is 2.57 bits per heavy atom. The van der Waals surface area contributed by atoms with E-state index >= 15 is 0 Å². The highest BCUT2D eigenvalue weighted by Crippen LogP contribution is 2.12. The minimum atomic E-state index is -0.889. The largest absolute Gasteiger partial charge is 0.481 e. The molecule has 0 aromatic heterocycles. The highest BCUT2D eigenvalue weighted by Gasteiger charge is 2.00. The second-order valence-electron chi connectivity index (χ2n) is 4.35. The molecular weight excluding hydrogens is 288 g/mol. The van der Waals surface area contributed by atoms with Gasteiger partial charge in [0.05, 0.1) is 0 Å². The molecule has 0 spiro atoms. The van der Waals surface area contributed by atoms with Crippen molar-refractivity contribution in [3.05, 3.63) is 29.8 Å². The molecule has 1 aromatic rings. The Balaban J connectivity index is 2.21. The van der Waals surface area contributed by atoms with Gasteiger partial charge in [0, 0.05) is 35.9 Å². The molecular formula is C15H20N2O3S. The minimum Gasteiger partial charge on any atom is -0.481 e. The van der Waals surface area contributed by atoms with Crippen molar-refractivity contribution in [2.75, 3.05) is 31.7 Å². The summed E-state index contributed by atoms with van der Waals surface area (Å²) >= 11 is 0. The number of rotatable bonds is 8. The lowest BCUT2D eigenvalue weighted by atomic mass is 10.1. The zero-order valence-electron chi connectivity index (χ0n) is 12.1. The quantitative estimate of drug-likeness (QED) is 0.702. The Morgan fingerprint density at radius 1 is 1.29 bits per heavy atom. The third kappa shape index (κ3) is 8.00. The molecule has 2 N–H and O–H groups in total. The van der Waals surface area contributed by atoms with Crippen LogP contribution in [0, 0.1) is 12.3 Å². The maximum absolute atomic E-state index is 11.4. The lowest BCUT2D eigenvalue weighted by Gasteiger charge is -2.07. The van der Waals surface area contributed by atoms with Crippen LogP contribution >= 0.6 is 0 Å². The molecule has 0 bridgehead atoms. The molecule has 0 aliphatic heterocycles. The lowest BCUT2D eigenvalue weighted by molar-refractivity contribution is 0.241. The van der Waals surface area contributed by atoms with Gasteiger partial charge in [-0.15, -0.1) is 6.42 Å². The molecule has 6 heteroatoms. The van der Waals surface area contributed by atoms with Crippen LogP contribution < -0.4 is 15.4 Å². The molecule has 2 amide bonds. The van der Waals surface area contributed by atoms with Crippen LogP contribution in [0.2, 0.25) is 0 Å². The van der Waals surface area contributed by atoms with Gasteiger partial charge in [-0.2, -0.15) is 0 Å². The fourth-order valence-corrected chi connectivity index (χ4v) is 1.96. The van der Waals surface area contributed by atoms with E-state index in [1.54, 1.807) is 6.26 Å². The summed E-state index contributed by atoms with van der Waals surface area (Å²) in [5.41, 5.74) is 1.10. The lowest BCUT2D eigenvalue weighted by Crippen LogP contribution is -2.38. The molecule has 114 valence electrons. The third-order valence-electron chi connectivity index (χ3n) is 2.62. The average molecular weight is 308 g/mol. The summed E-state index contributed by atoms with van der Waals surface area (Å²) in [6.45, 7) is 1.20. The molecule has 0 fully saturated rings. The molecule has 0 aliphatic rings. The molecule has 0 radical (unpaired) electrons. The summed E-state index contributed by atoms with van der Waals surface area (Å²) in [4.78, 5) is 11.4. The van der Waals surface area contributed by atoms with Crippen molar-refractivity contribution < 1.29 is 13.7 Å². The zero-order valence-corrected chi connectivity index (χ0v) is 12.9. The van der Waals surface area contributed by atoms with Crippen molar-refractivity contribution in [1.29, 1.82) is 0 Å². The molecule has 21 heavy (non-hydrogen) atoms. The van der Waals surface area contributed by atoms with Crippen LogP contribution in [0.1, 0.15) is 5.56 Å². The van der Waals surface area contributed by atoms with Crippen LogP contribution in [0.15, 0.2) is 24.3 Å². The normalized spacial score (nSPS) is 11.2. The van der Waals surface area contributed by atoms with Gasteiger partial charge in [0.1, 0.15) is 12.4 Å². The van der Waals surface area contributed by atoms with E-state index in [-0.39, 0.29) is 12.6 Å². The van der Waals surface area contributed by atoms with Crippen molar-refractivity contribution in [3.8, 4) is 18.1 Å². The van der Waals surface area contributed by atoms with Gasteiger partial charge in [-0.05, 0) is 24.1 Å². The van der Waals surface area contributed by atoms with E-state index in [1.807, 2.05) is 24.3 Å². The highest BCUT2D eigenvalue weighted by molar-refractivity contribution is 7.84. The Morgan fingerprint density at radius 2 is 1.95 bits per heavy atom. The number of ether oxygens (including phenoxy) is 1. The highest BCUT2D eigenvalue weighted by atomic mass is 32.2. The molecule has 0 unspecified atom stereocenters. The Kier molecular flexibility index (Phi) is 7.99. The van der Waals surface area contributed by atoms with Crippen LogP contribution in [0.4, 0.5) is 4.79 Å². The molecule has 1 rings (SSSR count). The Bertz CT molecular complexity index is 509. The molecule has 1 aromatic carbocycles. The average Bonchev–Trinajstić information content (AvgIpc) is 2.46. The number of carbonyl (C=O) groups excluding carboxylic acids is 1. The SMILES string of the molecule is C#CCOc1ccc(CCNC(=O)NCC[S@@](C)=O)cc1. The molecule has 0 saturated heterocycles. The van der Waals surface area contributed by atoms with E-state index in [9.17, 15) is 9.00 Å². The number of terminal acetylenes is 1. The fraction of sp³-hybridized carbons (Fsp3) is 0.400. The number of carbonyl (C=O) groups is 1. The van der Waals surface area contributed by atoms with Crippen LogP contribution in [-0.4, -0.2) is 41.9 Å². The predicted octanol–water partition coefficient (Wildman–Crippen LogP) is 0.919. The molecule has 0 saturated carbocycles. The topological polar surface area (TPSA) is 67.4 Å². The second-order valence-corrected chi connectivity index (χ2v) is 5.90. The summed E-state index contributed by atoms with van der Waals surface area (Å²) in [5.74, 6) is 3.60. The van der Waals surface area contributed by atoms with Gasteiger partial charge < -0.3 is 15.4 Å². The van der Waals surface area contributed by atoms with E-state index in [0.717, 1.165) is 17.7 Å². The number of benzene rings is 1. The van der Waals surface area contributed by atoms with Crippen molar-refractivity contribution in [2.45, 2.75) is 6.42 Å². The fourth-order valence-electron chi connectivity index (χ4n) is 1.57. The van der Waals surface area contributed by atoms with Crippen LogP contribution in [0.25, 0.3) is 0 Å². The monoisotopic (exact) mass is 308 g/mol. The first-order chi connectivity index (χ1) is 10.1. The molecule has 0 heterocycles. The molecule has 0 aliphatic carbocycles. The van der Waals surface area contributed by atoms with Crippen molar-refractivity contribution in [3.63, 3.8) is 0 Å². The van der Waals surface area contributed by atoms with Gasteiger partial charge in [-0.25, -0.2) is 4.79 Å². The predicted molar refractivity (Wildman–Crippen MR) is 84.8 cm³/mol. The van der Waals surface area contributed by atoms with Crippen LogP contribution in [-0.2, 0) is 17.2 Å². The zero-order chi connectivity index (χ0) is 15.5. The number of urea groups is 1. The number of nitrogens with one attached hydrogen (secondary N) is 2. The summed E-state index contributed by atoms with van der Waals surface area (Å²) in [6, 6.07) is 7.33. The summed E-state index contributed by atoms with van der Waals surface area (Å²) in [5, 5.41) is 5.40. The second kappa shape index (κ2) is 9.83. The first-order valence-corrected chi connectivity index (χ1v) is 8.31. The van der Waals surface area contributed by atoms with E-state index in [4.69, 9.17) is 11.2 Å². The maximum Gasteiger partial charge on any atom is 0.314 e. The van der Waals surface area contributed by atoms with Gasteiger partial charge in [0.15, 0.2) is 0 Å². The third-order valence-corrected chi connectivity index (χ3v) is 3.40.